The maximum Gasteiger partial charge on any atom is 0.201 e. The van der Waals surface area contributed by atoms with Gasteiger partial charge in [-0.05, 0) is 19.8 Å². The van der Waals surface area contributed by atoms with Gasteiger partial charge in [0.05, 0.1) is 0 Å². The lowest BCUT2D eigenvalue weighted by Gasteiger charge is -2.44. The highest BCUT2D eigenvalue weighted by molar-refractivity contribution is 5.98. The van der Waals surface area contributed by atoms with E-state index in [-0.39, 0.29) is 12.4 Å². The summed E-state index contributed by atoms with van der Waals surface area (Å²) in [6.07, 6.45) is 4.81. The van der Waals surface area contributed by atoms with Gasteiger partial charge >= 0.3 is 0 Å². The van der Waals surface area contributed by atoms with Crippen LogP contribution in [0.4, 0.5) is 5.82 Å². The zero-order valence-corrected chi connectivity index (χ0v) is 16.3. The van der Waals surface area contributed by atoms with Crippen molar-refractivity contribution in [2.75, 3.05) is 18.5 Å². The van der Waals surface area contributed by atoms with Crippen molar-refractivity contribution in [2.24, 2.45) is 23.7 Å². The quantitative estimate of drug-likeness (QED) is 0.875. The highest BCUT2D eigenvalue weighted by Gasteiger charge is 2.48. The molecule has 1 fully saturated rings. The Morgan fingerprint density at radius 3 is 2.50 bits per heavy atom. The van der Waals surface area contributed by atoms with Gasteiger partial charge in [0.2, 0.25) is 5.96 Å². The Bertz CT molecular complexity index is 617. The standard InChI is InChI=1S/C17H30N6.ClH/c1-6-23-15-13(20-14(11(2)3)22(15)5)17(18,21-16(23)19-4)12-9-7-8-10-12;/h11-12H,6-10,18H2,1-5H3,(H,19,21);1H. The molecular formula is C17H31ClN6. The highest BCUT2D eigenvalue weighted by Crippen LogP contribution is 2.43. The van der Waals surface area contributed by atoms with Crippen molar-refractivity contribution in [1.82, 2.24) is 14.9 Å². The molecule has 0 aromatic carbocycles. The van der Waals surface area contributed by atoms with Gasteiger partial charge < -0.3 is 15.6 Å². The third kappa shape index (κ3) is 2.69. The summed E-state index contributed by atoms with van der Waals surface area (Å²) in [6, 6.07) is 0. The number of hydrogen-bond acceptors (Lipinski definition) is 3. The van der Waals surface area contributed by atoms with Crippen molar-refractivity contribution in [1.29, 1.82) is 0 Å². The molecule has 1 aliphatic carbocycles. The van der Waals surface area contributed by atoms with E-state index in [2.05, 4.69) is 47.6 Å². The molecule has 7 heteroatoms. The van der Waals surface area contributed by atoms with Crippen molar-refractivity contribution in [2.45, 2.75) is 58.0 Å². The fraction of sp³-hybridized carbons (Fsp3) is 0.765. The van der Waals surface area contributed by atoms with E-state index in [1.807, 2.05) is 7.05 Å². The molecule has 0 saturated heterocycles. The molecule has 1 aliphatic heterocycles. The number of nitrogens with two attached hydrogens (primary N) is 1. The average molecular weight is 355 g/mol. The number of fused-ring (bicyclic) bond motifs is 1. The molecule has 2 aliphatic rings. The van der Waals surface area contributed by atoms with Crippen molar-refractivity contribution >= 4 is 24.2 Å². The smallest absolute Gasteiger partial charge is 0.201 e. The van der Waals surface area contributed by atoms with Gasteiger partial charge in [-0.3, -0.25) is 9.89 Å². The van der Waals surface area contributed by atoms with Crippen LogP contribution in [0.5, 0.6) is 0 Å². The summed E-state index contributed by atoms with van der Waals surface area (Å²) in [4.78, 5) is 11.7. The molecule has 1 atom stereocenters. The van der Waals surface area contributed by atoms with Gasteiger partial charge in [0.1, 0.15) is 23.0 Å². The minimum absolute atomic E-state index is 0. The van der Waals surface area contributed by atoms with Crippen LogP contribution in [0.2, 0.25) is 0 Å². The van der Waals surface area contributed by atoms with E-state index in [0.29, 0.717) is 11.8 Å². The number of halogens is 1. The maximum absolute atomic E-state index is 6.95. The second-order valence-electron chi connectivity index (χ2n) is 7.12. The molecule has 0 bridgehead atoms. The van der Waals surface area contributed by atoms with Crippen LogP contribution in [0.25, 0.3) is 0 Å². The largest absolute Gasteiger partial charge is 0.332 e. The molecule has 2 heterocycles. The van der Waals surface area contributed by atoms with Crippen molar-refractivity contribution in [3.05, 3.63) is 11.5 Å². The number of hydrogen-bond donors (Lipinski definition) is 2. The lowest BCUT2D eigenvalue weighted by Crippen LogP contribution is -2.65. The zero-order valence-electron chi connectivity index (χ0n) is 15.5. The van der Waals surface area contributed by atoms with Crippen LogP contribution in [0, 0.1) is 5.92 Å². The Morgan fingerprint density at radius 2 is 2.00 bits per heavy atom. The van der Waals surface area contributed by atoms with Crippen LogP contribution >= 0.6 is 12.4 Å². The Balaban J connectivity index is 0.00000208. The molecule has 1 saturated carbocycles. The summed E-state index contributed by atoms with van der Waals surface area (Å²) < 4.78 is 2.20. The normalized spacial score (nSPS) is 25.8. The zero-order chi connectivity index (χ0) is 16.8. The molecule has 1 aromatic heterocycles. The van der Waals surface area contributed by atoms with Crippen LogP contribution in [-0.4, -0.2) is 29.1 Å². The van der Waals surface area contributed by atoms with E-state index < -0.39 is 5.66 Å². The molecule has 3 rings (SSSR count). The summed E-state index contributed by atoms with van der Waals surface area (Å²) in [5.41, 5.74) is 7.32. The van der Waals surface area contributed by atoms with Crippen LogP contribution in [0.1, 0.15) is 63.9 Å². The van der Waals surface area contributed by atoms with E-state index in [4.69, 9.17) is 10.7 Å². The number of nitrogens with one attached hydrogen (secondary N) is 1. The Kier molecular flexibility index (Phi) is 5.50. The van der Waals surface area contributed by atoms with Gasteiger partial charge in [-0.2, -0.15) is 0 Å². The molecule has 1 aromatic rings. The first-order chi connectivity index (χ1) is 10.9. The number of imidazole rings is 1. The summed E-state index contributed by atoms with van der Waals surface area (Å²) in [5, 5.41) is 3.54. The van der Waals surface area contributed by atoms with Gasteiger partial charge in [-0.1, -0.05) is 26.7 Å². The van der Waals surface area contributed by atoms with E-state index in [0.717, 1.165) is 42.7 Å². The Hall–Kier alpha value is -1.27. The topological polar surface area (TPSA) is 71.5 Å². The van der Waals surface area contributed by atoms with Gasteiger partial charge in [0.15, 0.2) is 0 Å². The third-order valence-electron chi connectivity index (χ3n) is 5.36. The van der Waals surface area contributed by atoms with Crippen molar-refractivity contribution < 1.29 is 0 Å². The summed E-state index contributed by atoms with van der Waals surface area (Å²) in [5.74, 6) is 3.81. The molecule has 0 radical (unpaired) electrons. The fourth-order valence-electron chi connectivity index (χ4n) is 4.17. The van der Waals surface area contributed by atoms with Gasteiger partial charge in [0.25, 0.3) is 0 Å². The second kappa shape index (κ2) is 6.92. The molecule has 1 unspecified atom stereocenters. The monoisotopic (exact) mass is 354 g/mol. The molecule has 136 valence electrons. The predicted molar refractivity (Wildman–Crippen MR) is 102 cm³/mol. The lowest BCUT2D eigenvalue weighted by atomic mass is 9.87. The van der Waals surface area contributed by atoms with Gasteiger partial charge in [-0.25, -0.2) is 4.98 Å². The number of nitrogens with zero attached hydrogens (tertiary/aromatic N) is 4. The molecule has 3 N–H and O–H groups in total. The predicted octanol–water partition coefficient (Wildman–Crippen LogP) is 2.68. The van der Waals surface area contributed by atoms with E-state index in [1.54, 1.807) is 0 Å². The van der Waals surface area contributed by atoms with Crippen molar-refractivity contribution in [3.8, 4) is 0 Å². The van der Waals surface area contributed by atoms with Gasteiger partial charge in [-0.15, -0.1) is 12.4 Å². The van der Waals surface area contributed by atoms with Crippen LogP contribution in [0.15, 0.2) is 4.99 Å². The lowest BCUT2D eigenvalue weighted by molar-refractivity contribution is 0.242. The number of aliphatic imine (C=N–C) groups is 1. The fourth-order valence-corrected chi connectivity index (χ4v) is 4.17. The minimum atomic E-state index is -0.614. The van der Waals surface area contributed by atoms with E-state index >= 15 is 0 Å². The molecule has 0 spiro atoms. The number of anilines is 1. The minimum Gasteiger partial charge on any atom is -0.332 e. The average Bonchev–Trinajstić information content (AvgIpc) is 3.16. The first-order valence-electron chi connectivity index (χ1n) is 8.82. The van der Waals surface area contributed by atoms with Crippen LogP contribution in [-0.2, 0) is 12.7 Å². The molecule has 24 heavy (non-hydrogen) atoms. The first-order valence-corrected chi connectivity index (χ1v) is 8.82. The summed E-state index contributed by atoms with van der Waals surface area (Å²) >= 11 is 0. The van der Waals surface area contributed by atoms with Crippen LogP contribution < -0.4 is 16.0 Å². The molecule has 0 amide bonds. The Labute approximate surface area is 151 Å². The Morgan fingerprint density at radius 1 is 1.38 bits per heavy atom. The van der Waals surface area contributed by atoms with Gasteiger partial charge in [0, 0.05) is 32.5 Å². The van der Waals surface area contributed by atoms with Crippen LogP contribution in [0.3, 0.4) is 0 Å². The maximum atomic E-state index is 6.95. The summed E-state index contributed by atoms with van der Waals surface area (Å²) in [6.45, 7) is 7.34. The molecule has 6 nitrogen and oxygen atoms in total. The highest BCUT2D eigenvalue weighted by atomic mass is 35.5. The second-order valence-corrected chi connectivity index (χ2v) is 7.12. The first kappa shape index (κ1) is 19.1. The summed E-state index contributed by atoms with van der Waals surface area (Å²) in [7, 11) is 3.92. The number of rotatable bonds is 3. The number of aromatic nitrogens is 2. The third-order valence-corrected chi connectivity index (χ3v) is 5.36. The number of guanidine groups is 1. The SMILES string of the molecule is CCN1C(=NC)NC(N)(C2CCCC2)c2nc(C(C)C)n(C)c21.Cl. The van der Waals surface area contributed by atoms with Crippen molar-refractivity contribution in [3.63, 3.8) is 0 Å². The van der Waals surface area contributed by atoms with E-state index in [1.165, 1.54) is 12.8 Å². The van der Waals surface area contributed by atoms with E-state index in [9.17, 15) is 0 Å². The molecular weight excluding hydrogens is 324 g/mol.